The van der Waals surface area contributed by atoms with Crippen molar-refractivity contribution in [3.63, 3.8) is 0 Å². The number of ether oxygens (including phenoxy) is 1. The summed E-state index contributed by atoms with van der Waals surface area (Å²) < 4.78 is 22.1. The number of benzene rings is 1. The monoisotopic (exact) mass is 473 g/mol. The highest BCUT2D eigenvalue weighted by Gasteiger charge is 2.29. The van der Waals surface area contributed by atoms with E-state index in [9.17, 15) is 19.1 Å². The molecule has 0 saturated heterocycles. The number of hydrogen-bond donors (Lipinski definition) is 2. The van der Waals surface area contributed by atoms with Crippen LogP contribution in [0.2, 0.25) is 0 Å². The van der Waals surface area contributed by atoms with Gasteiger partial charge in [-0.2, -0.15) is 4.39 Å². The van der Waals surface area contributed by atoms with E-state index >= 15 is 0 Å². The van der Waals surface area contributed by atoms with Crippen molar-refractivity contribution in [3.8, 4) is 5.75 Å². The van der Waals surface area contributed by atoms with E-state index in [1.54, 1.807) is 10.9 Å². The summed E-state index contributed by atoms with van der Waals surface area (Å²) in [6.07, 6.45) is 4.94. The minimum Gasteiger partial charge on any atom is -0.493 e. The molecule has 2 N–H and O–H groups in total. The van der Waals surface area contributed by atoms with E-state index in [0.29, 0.717) is 44.0 Å². The smallest absolute Gasteiger partial charge is 0.328 e. The van der Waals surface area contributed by atoms with Crippen molar-refractivity contribution in [1.82, 2.24) is 24.5 Å². The van der Waals surface area contributed by atoms with E-state index in [1.165, 1.54) is 0 Å². The first-order valence-corrected chi connectivity index (χ1v) is 11.5. The zero-order valence-corrected chi connectivity index (χ0v) is 19.8. The van der Waals surface area contributed by atoms with E-state index in [-0.39, 0.29) is 13.1 Å². The SMILES string of the molecule is CC[C@@](O)(Cn1nncc1CCCCn1cc(F)c(=O)[nH]c1=O)c1cccc(OCC(C)C)c1. The molecule has 0 spiro atoms. The van der Waals surface area contributed by atoms with Gasteiger partial charge in [-0.15, -0.1) is 5.10 Å². The van der Waals surface area contributed by atoms with Crippen molar-refractivity contribution in [2.75, 3.05) is 6.61 Å². The molecule has 3 rings (SSSR count). The molecule has 10 heteroatoms. The first-order valence-electron chi connectivity index (χ1n) is 11.5. The second-order valence-corrected chi connectivity index (χ2v) is 8.89. The zero-order valence-electron chi connectivity index (χ0n) is 19.8. The van der Waals surface area contributed by atoms with Gasteiger partial charge in [0.05, 0.1) is 31.2 Å². The van der Waals surface area contributed by atoms with E-state index < -0.39 is 22.7 Å². The Bertz CT molecular complexity index is 1200. The van der Waals surface area contributed by atoms with Crippen molar-refractivity contribution in [2.45, 2.75) is 65.1 Å². The maximum atomic E-state index is 13.4. The summed E-state index contributed by atoms with van der Waals surface area (Å²) in [5, 5.41) is 19.6. The van der Waals surface area contributed by atoms with Gasteiger partial charge in [-0.3, -0.25) is 14.3 Å². The third kappa shape index (κ3) is 6.40. The van der Waals surface area contributed by atoms with Crippen LogP contribution in [0.15, 0.2) is 46.2 Å². The fraction of sp³-hybridized carbons (Fsp3) is 0.500. The van der Waals surface area contributed by atoms with Crippen LogP contribution in [0.3, 0.4) is 0 Å². The van der Waals surface area contributed by atoms with Gasteiger partial charge in [-0.05, 0) is 49.3 Å². The maximum absolute atomic E-state index is 13.4. The van der Waals surface area contributed by atoms with Crippen LogP contribution >= 0.6 is 0 Å². The summed E-state index contributed by atoms with van der Waals surface area (Å²) in [5.74, 6) is 0.124. The van der Waals surface area contributed by atoms with Crippen LogP contribution in [-0.4, -0.2) is 36.3 Å². The van der Waals surface area contributed by atoms with Gasteiger partial charge in [0.25, 0.3) is 5.56 Å². The third-order valence-corrected chi connectivity index (χ3v) is 5.70. The second-order valence-electron chi connectivity index (χ2n) is 8.89. The molecule has 2 aromatic heterocycles. The number of aryl methyl sites for hydroxylation is 2. The molecule has 3 aromatic rings. The summed E-state index contributed by atoms with van der Waals surface area (Å²) in [5.41, 5.74) is -1.21. The van der Waals surface area contributed by atoms with Gasteiger partial charge in [0, 0.05) is 6.54 Å². The third-order valence-electron chi connectivity index (χ3n) is 5.70. The number of aliphatic hydroxyl groups is 1. The van der Waals surface area contributed by atoms with Crippen LogP contribution in [0.4, 0.5) is 4.39 Å². The van der Waals surface area contributed by atoms with Gasteiger partial charge >= 0.3 is 5.69 Å². The molecule has 0 unspecified atom stereocenters. The Kier molecular flexibility index (Phi) is 8.38. The molecule has 1 atom stereocenters. The molecule has 0 radical (unpaired) electrons. The Morgan fingerprint density at radius 3 is 2.79 bits per heavy atom. The standard InChI is InChI=1S/C24H32FN5O4/c1-4-24(33,18-8-7-10-20(12-18)34-15-17(2)3)16-30-19(13-26-28-30)9-5-6-11-29-14-21(25)22(31)27-23(29)32/h7-8,10,12-14,17,33H,4-6,9,11,15-16H2,1-3H3,(H,27,31,32)/t24-/m1/s1. The Labute approximate surface area is 197 Å². The Hall–Kier alpha value is -3.27. The van der Waals surface area contributed by atoms with Crippen LogP contribution in [-0.2, 0) is 25.1 Å². The number of H-pyrrole nitrogens is 1. The minimum absolute atomic E-state index is 0.233. The average molecular weight is 474 g/mol. The van der Waals surface area contributed by atoms with Crippen molar-refractivity contribution < 1.29 is 14.2 Å². The molecule has 2 heterocycles. The molecule has 0 aliphatic carbocycles. The Morgan fingerprint density at radius 2 is 2.06 bits per heavy atom. The molecule has 0 saturated carbocycles. The number of nitrogens with zero attached hydrogens (tertiary/aromatic N) is 4. The predicted molar refractivity (Wildman–Crippen MR) is 125 cm³/mol. The molecule has 184 valence electrons. The van der Waals surface area contributed by atoms with Crippen molar-refractivity contribution in [3.05, 3.63) is 74.6 Å². The number of nitrogens with one attached hydrogen (secondary N) is 1. The highest BCUT2D eigenvalue weighted by Crippen LogP contribution is 2.30. The fourth-order valence-corrected chi connectivity index (χ4v) is 3.64. The van der Waals surface area contributed by atoms with E-state index in [4.69, 9.17) is 4.74 Å². The first kappa shape index (κ1) is 25.4. The largest absolute Gasteiger partial charge is 0.493 e. The normalized spacial score (nSPS) is 13.2. The van der Waals surface area contributed by atoms with Crippen LogP contribution in [0.25, 0.3) is 0 Å². The van der Waals surface area contributed by atoms with Crippen LogP contribution < -0.4 is 16.0 Å². The molecular weight excluding hydrogens is 441 g/mol. The van der Waals surface area contributed by atoms with Gasteiger partial charge in [-0.1, -0.05) is 38.1 Å². The lowest BCUT2D eigenvalue weighted by molar-refractivity contribution is 0.00948. The number of unbranched alkanes of at least 4 members (excludes halogenated alkanes) is 1. The lowest BCUT2D eigenvalue weighted by Crippen LogP contribution is -2.32. The number of aromatic nitrogens is 5. The molecule has 34 heavy (non-hydrogen) atoms. The van der Waals surface area contributed by atoms with E-state index in [0.717, 1.165) is 22.0 Å². The van der Waals surface area contributed by atoms with Gasteiger partial charge in [0.15, 0.2) is 0 Å². The van der Waals surface area contributed by atoms with Crippen molar-refractivity contribution in [2.24, 2.45) is 5.92 Å². The molecule has 0 aliphatic heterocycles. The van der Waals surface area contributed by atoms with Gasteiger partial charge in [0.2, 0.25) is 5.82 Å². The summed E-state index contributed by atoms with van der Waals surface area (Å²) in [4.78, 5) is 24.9. The number of aromatic amines is 1. The van der Waals surface area contributed by atoms with Gasteiger partial charge < -0.3 is 9.84 Å². The fourth-order valence-electron chi connectivity index (χ4n) is 3.64. The summed E-state index contributed by atoms with van der Waals surface area (Å²) in [7, 11) is 0. The zero-order chi connectivity index (χ0) is 24.7. The molecular formula is C24H32FN5O4. The summed E-state index contributed by atoms with van der Waals surface area (Å²) in [6, 6.07) is 7.49. The van der Waals surface area contributed by atoms with Crippen LogP contribution in [0.5, 0.6) is 5.75 Å². The van der Waals surface area contributed by atoms with Gasteiger partial charge in [-0.25, -0.2) is 9.48 Å². The number of rotatable bonds is 12. The molecule has 0 fully saturated rings. The van der Waals surface area contributed by atoms with Crippen LogP contribution in [0.1, 0.15) is 51.3 Å². The lowest BCUT2D eigenvalue weighted by atomic mass is 9.90. The Balaban J connectivity index is 1.64. The average Bonchev–Trinajstić information content (AvgIpc) is 3.25. The second kappa shape index (κ2) is 11.2. The molecule has 9 nitrogen and oxygen atoms in total. The summed E-state index contributed by atoms with van der Waals surface area (Å²) >= 11 is 0. The first-order chi connectivity index (χ1) is 16.2. The van der Waals surface area contributed by atoms with E-state index in [2.05, 4.69) is 24.2 Å². The highest BCUT2D eigenvalue weighted by molar-refractivity contribution is 5.32. The molecule has 0 bridgehead atoms. The molecule has 0 amide bonds. The van der Waals surface area contributed by atoms with Crippen LogP contribution in [0, 0.1) is 11.7 Å². The number of hydrogen-bond acceptors (Lipinski definition) is 6. The highest BCUT2D eigenvalue weighted by atomic mass is 19.1. The quantitative estimate of drug-likeness (QED) is 0.391. The maximum Gasteiger partial charge on any atom is 0.328 e. The van der Waals surface area contributed by atoms with Crippen molar-refractivity contribution >= 4 is 0 Å². The number of halogens is 1. The minimum atomic E-state index is -1.15. The predicted octanol–water partition coefficient (Wildman–Crippen LogP) is 2.62. The molecule has 1 aromatic carbocycles. The molecule has 0 aliphatic rings. The topological polar surface area (TPSA) is 115 Å². The van der Waals surface area contributed by atoms with Gasteiger partial charge in [0.1, 0.15) is 11.4 Å². The van der Waals surface area contributed by atoms with Crippen molar-refractivity contribution in [1.29, 1.82) is 0 Å². The summed E-state index contributed by atoms with van der Waals surface area (Å²) in [6.45, 7) is 7.18. The Morgan fingerprint density at radius 1 is 1.26 bits per heavy atom. The van der Waals surface area contributed by atoms with E-state index in [1.807, 2.05) is 36.2 Å². The lowest BCUT2D eigenvalue weighted by Gasteiger charge is -2.28.